The maximum atomic E-state index is 12.3. The van der Waals surface area contributed by atoms with Gasteiger partial charge in [0.25, 0.3) is 0 Å². The second-order valence-electron chi connectivity index (χ2n) is 5.61. The molecule has 130 valence electrons. The molecule has 2 aromatic heterocycles. The van der Waals surface area contributed by atoms with Gasteiger partial charge in [0, 0.05) is 12.6 Å². The molecule has 25 heavy (non-hydrogen) atoms. The highest BCUT2D eigenvalue weighted by Gasteiger charge is 2.20. The van der Waals surface area contributed by atoms with Gasteiger partial charge in [-0.25, -0.2) is 0 Å². The van der Waals surface area contributed by atoms with Gasteiger partial charge in [-0.3, -0.25) is 10.1 Å². The van der Waals surface area contributed by atoms with E-state index in [0.29, 0.717) is 10.3 Å². The highest BCUT2D eigenvalue weighted by atomic mass is 32.2. The first-order chi connectivity index (χ1) is 11.9. The number of rotatable bonds is 5. The summed E-state index contributed by atoms with van der Waals surface area (Å²) in [5.41, 5.74) is 2.16. The highest BCUT2D eigenvalue weighted by Crippen LogP contribution is 2.27. The smallest absolute Gasteiger partial charge is 0.239 e. The molecule has 3 aromatic rings. The lowest BCUT2D eigenvalue weighted by molar-refractivity contribution is -0.115. The van der Waals surface area contributed by atoms with E-state index in [-0.39, 0.29) is 11.2 Å². The lowest BCUT2D eigenvalue weighted by Gasteiger charge is -2.10. The van der Waals surface area contributed by atoms with Crippen LogP contribution in [0.1, 0.15) is 17.5 Å². The first-order valence-corrected chi connectivity index (χ1v) is 9.37. The minimum atomic E-state index is -0.336. The molecule has 1 amide bonds. The van der Waals surface area contributed by atoms with Gasteiger partial charge >= 0.3 is 0 Å². The van der Waals surface area contributed by atoms with E-state index in [1.807, 2.05) is 50.6 Å². The Morgan fingerprint density at radius 1 is 1.24 bits per heavy atom. The molecule has 2 heterocycles. The molecule has 0 fully saturated rings. The molecule has 0 bridgehead atoms. The SMILES string of the molecule is Cc1cccc(-c2nnc(S[C@H](C)C(=O)Nc3nnc(C)s3)n2C)c1. The molecule has 0 unspecified atom stereocenters. The number of benzene rings is 1. The quantitative estimate of drug-likeness (QED) is 0.691. The summed E-state index contributed by atoms with van der Waals surface area (Å²) < 4.78 is 1.90. The molecule has 0 aliphatic heterocycles. The van der Waals surface area contributed by atoms with Crippen LogP contribution in [0.4, 0.5) is 5.13 Å². The number of thioether (sulfide) groups is 1. The van der Waals surface area contributed by atoms with Crippen molar-refractivity contribution in [3.63, 3.8) is 0 Å². The second kappa shape index (κ2) is 7.32. The van der Waals surface area contributed by atoms with E-state index in [4.69, 9.17) is 0 Å². The van der Waals surface area contributed by atoms with E-state index < -0.39 is 0 Å². The van der Waals surface area contributed by atoms with Crippen molar-refractivity contribution in [1.29, 1.82) is 0 Å². The van der Waals surface area contributed by atoms with Crippen molar-refractivity contribution in [2.45, 2.75) is 31.2 Å². The highest BCUT2D eigenvalue weighted by molar-refractivity contribution is 8.00. The van der Waals surface area contributed by atoms with Crippen LogP contribution < -0.4 is 5.32 Å². The molecule has 9 heteroatoms. The monoisotopic (exact) mass is 374 g/mol. The average Bonchev–Trinajstić information content (AvgIpc) is 3.14. The second-order valence-corrected chi connectivity index (χ2v) is 8.10. The van der Waals surface area contributed by atoms with Crippen LogP contribution in [0.25, 0.3) is 11.4 Å². The molecule has 0 saturated heterocycles. The summed E-state index contributed by atoms with van der Waals surface area (Å²) in [4.78, 5) is 12.3. The number of hydrogen-bond acceptors (Lipinski definition) is 7. The van der Waals surface area contributed by atoms with E-state index >= 15 is 0 Å². The zero-order chi connectivity index (χ0) is 18.0. The fourth-order valence-corrected chi connectivity index (χ4v) is 3.63. The summed E-state index contributed by atoms with van der Waals surface area (Å²) >= 11 is 2.71. The van der Waals surface area contributed by atoms with Crippen LogP contribution in [0.15, 0.2) is 29.4 Å². The zero-order valence-electron chi connectivity index (χ0n) is 14.3. The third-order valence-corrected chi connectivity index (χ3v) is 5.41. The van der Waals surface area contributed by atoms with Gasteiger partial charge in [-0.05, 0) is 26.8 Å². The zero-order valence-corrected chi connectivity index (χ0v) is 16.0. The summed E-state index contributed by atoms with van der Waals surface area (Å²) in [5.74, 6) is 0.639. The van der Waals surface area contributed by atoms with Crippen LogP contribution in [0.2, 0.25) is 0 Å². The number of carbonyl (C=O) groups is 1. The van der Waals surface area contributed by atoms with Crippen molar-refractivity contribution in [1.82, 2.24) is 25.0 Å². The molecule has 0 aliphatic carbocycles. The maximum absolute atomic E-state index is 12.3. The Bertz CT molecular complexity index is 904. The molecule has 0 radical (unpaired) electrons. The number of hydrogen-bond donors (Lipinski definition) is 1. The standard InChI is InChI=1S/C16H18N6OS2/c1-9-6-5-7-12(8-9)13-19-21-16(22(13)4)24-10(2)14(23)17-15-20-18-11(3)25-15/h5-8,10H,1-4H3,(H,17,20,23)/t10-/m1/s1. The number of amides is 1. The number of aryl methyl sites for hydroxylation is 2. The van der Waals surface area contributed by atoms with Crippen LogP contribution in [0.5, 0.6) is 0 Å². The minimum absolute atomic E-state index is 0.138. The van der Waals surface area contributed by atoms with Gasteiger partial charge in [0.1, 0.15) is 5.01 Å². The lowest BCUT2D eigenvalue weighted by atomic mass is 10.1. The molecular weight excluding hydrogens is 356 g/mol. The number of nitrogens with zero attached hydrogens (tertiary/aromatic N) is 5. The van der Waals surface area contributed by atoms with Gasteiger partial charge in [0.2, 0.25) is 11.0 Å². The van der Waals surface area contributed by atoms with Crippen LogP contribution in [-0.4, -0.2) is 36.1 Å². The molecule has 1 aromatic carbocycles. The maximum Gasteiger partial charge on any atom is 0.239 e. The van der Waals surface area contributed by atoms with E-state index in [2.05, 4.69) is 31.8 Å². The Hall–Kier alpha value is -2.26. The number of carbonyl (C=O) groups excluding carboxylic acids is 1. The summed E-state index contributed by atoms with van der Waals surface area (Å²) in [5, 5.41) is 20.7. The van der Waals surface area contributed by atoms with E-state index in [0.717, 1.165) is 22.0 Å². The van der Waals surface area contributed by atoms with Crippen molar-refractivity contribution in [2.24, 2.45) is 7.05 Å². The van der Waals surface area contributed by atoms with Crippen LogP contribution >= 0.6 is 23.1 Å². The summed E-state index contributed by atoms with van der Waals surface area (Å²) in [6.45, 7) is 5.71. The van der Waals surface area contributed by atoms with Crippen molar-refractivity contribution in [3.8, 4) is 11.4 Å². The number of anilines is 1. The number of aromatic nitrogens is 5. The molecule has 0 saturated carbocycles. The van der Waals surface area contributed by atoms with Gasteiger partial charge in [0.15, 0.2) is 11.0 Å². The topological polar surface area (TPSA) is 85.6 Å². The van der Waals surface area contributed by atoms with Crippen LogP contribution in [0, 0.1) is 13.8 Å². The van der Waals surface area contributed by atoms with Gasteiger partial charge in [0.05, 0.1) is 5.25 Å². The summed E-state index contributed by atoms with van der Waals surface area (Å²) in [6, 6.07) is 8.09. The minimum Gasteiger partial charge on any atom is -0.305 e. The van der Waals surface area contributed by atoms with Crippen molar-refractivity contribution in [2.75, 3.05) is 5.32 Å². The fourth-order valence-electron chi connectivity index (χ4n) is 2.22. The molecule has 0 spiro atoms. The normalized spacial score (nSPS) is 12.2. The first-order valence-electron chi connectivity index (χ1n) is 7.68. The van der Waals surface area contributed by atoms with Gasteiger partial charge < -0.3 is 4.57 Å². The first kappa shape index (κ1) is 17.6. The molecular formula is C16H18N6OS2. The average molecular weight is 374 g/mol. The largest absolute Gasteiger partial charge is 0.305 e. The molecule has 3 rings (SSSR count). The van der Waals surface area contributed by atoms with Crippen molar-refractivity contribution < 1.29 is 4.79 Å². The predicted molar refractivity (Wildman–Crippen MR) is 99.8 cm³/mol. The van der Waals surface area contributed by atoms with E-state index in [1.54, 1.807) is 0 Å². The fraction of sp³-hybridized carbons (Fsp3) is 0.312. The van der Waals surface area contributed by atoms with Crippen LogP contribution in [-0.2, 0) is 11.8 Å². The summed E-state index contributed by atoms with van der Waals surface area (Å²) in [7, 11) is 1.90. The van der Waals surface area contributed by atoms with Crippen LogP contribution in [0.3, 0.4) is 0 Å². The predicted octanol–water partition coefficient (Wildman–Crippen LogP) is 3.07. The third-order valence-electron chi connectivity index (χ3n) is 3.52. The van der Waals surface area contributed by atoms with Crippen molar-refractivity contribution in [3.05, 3.63) is 34.8 Å². The Kier molecular flexibility index (Phi) is 5.14. The van der Waals surface area contributed by atoms with E-state index in [9.17, 15) is 4.79 Å². The Morgan fingerprint density at radius 2 is 2.04 bits per heavy atom. The lowest BCUT2D eigenvalue weighted by Crippen LogP contribution is -2.22. The number of nitrogens with one attached hydrogen (secondary N) is 1. The molecule has 1 N–H and O–H groups in total. The third kappa shape index (κ3) is 4.05. The Balaban J connectivity index is 1.71. The van der Waals surface area contributed by atoms with Crippen molar-refractivity contribution >= 4 is 34.1 Å². The molecule has 7 nitrogen and oxygen atoms in total. The summed E-state index contributed by atoms with van der Waals surface area (Å²) in [6.07, 6.45) is 0. The van der Waals surface area contributed by atoms with Gasteiger partial charge in [-0.1, -0.05) is 46.9 Å². The molecule has 1 atom stereocenters. The van der Waals surface area contributed by atoms with E-state index in [1.165, 1.54) is 23.1 Å². The molecule has 0 aliphatic rings. The Morgan fingerprint density at radius 3 is 2.72 bits per heavy atom. The van der Waals surface area contributed by atoms with Gasteiger partial charge in [-0.2, -0.15) is 0 Å². The van der Waals surface area contributed by atoms with Gasteiger partial charge in [-0.15, -0.1) is 20.4 Å². The Labute approximate surface area is 153 Å².